The van der Waals surface area contributed by atoms with Crippen LogP contribution in [0.5, 0.6) is 5.75 Å². The number of nitrogens with one attached hydrogen (secondary N) is 1. The Kier molecular flexibility index (Phi) is 6.97. The second-order valence-corrected chi connectivity index (χ2v) is 7.87. The molecule has 2 aromatic carbocycles. The molecule has 0 saturated carbocycles. The fraction of sp³-hybridized carbons (Fsp3) is 0.136. The van der Waals surface area contributed by atoms with E-state index in [1.165, 1.54) is 6.08 Å². The van der Waals surface area contributed by atoms with Crippen LogP contribution in [0.2, 0.25) is 5.02 Å². The van der Waals surface area contributed by atoms with Crippen LogP contribution in [-0.4, -0.2) is 35.1 Å². The first-order valence-corrected chi connectivity index (χ1v) is 10.2. The second-order valence-electron chi connectivity index (χ2n) is 6.47. The summed E-state index contributed by atoms with van der Waals surface area (Å²) in [4.78, 5) is 37.6. The minimum atomic E-state index is -0.367. The molecule has 154 valence electrons. The van der Waals surface area contributed by atoms with E-state index in [2.05, 4.69) is 11.9 Å². The topological polar surface area (TPSA) is 75.7 Å². The van der Waals surface area contributed by atoms with Crippen molar-refractivity contribution in [1.29, 1.82) is 0 Å². The molecule has 1 heterocycles. The molecular formula is C22H19ClN2O4S. The molecule has 1 fully saturated rings. The summed E-state index contributed by atoms with van der Waals surface area (Å²) in [5.74, 6) is -0.336. The summed E-state index contributed by atoms with van der Waals surface area (Å²) in [5, 5.41) is 2.69. The number of ether oxygens (including phenoxy) is 1. The van der Waals surface area contributed by atoms with Crippen LogP contribution >= 0.6 is 23.4 Å². The maximum Gasteiger partial charge on any atom is 0.293 e. The van der Waals surface area contributed by atoms with Gasteiger partial charge in [0.05, 0.1) is 9.93 Å². The standard InChI is InChI=1S/C22H19ClN2O4S/c1-3-10-25-21(27)19(30-22(25)28)12-15-6-9-18(17(23)11-15)29-13-20(26)24-16-7-4-14(2)5-8-16/h3-9,11-12H,1,10,13H2,2H3,(H,24,26)/b19-12+. The summed E-state index contributed by atoms with van der Waals surface area (Å²) in [6, 6.07) is 12.3. The average Bonchev–Trinajstić information content (AvgIpc) is 2.97. The van der Waals surface area contributed by atoms with Gasteiger partial charge in [-0.25, -0.2) is 0 Å². The van der Waals surface area contributed by atoms with Crippen molar-refractivity contribution in [2.75, 3.05) is 18.5 Å². The lowest BCUT2D eigenvalue weighted by Gasteiger charge is -2.10. The lowest BCUT2D eigenvalue weighted by Crippen LogP contribution is -2.27. The Morgan fingerprint density at radius 3 is 2.63 bits per heavy atom. The molecule has 0 aliphatic carbocycles. The van der Waals surface area contributed by atoms with Gasteiger partial charge in [0.1, 0.15) is 5.75 Å². The third-order valence-corrected chi connectivity index (χ3v) is 5.34. The molecule has 0 aromatic heterocycles. The van der Waals surface area contributed by atoms with Gasteiger partial charge in [0.25, 0.3) is 17.1 Å². The van der Waals surface area contributed by atoms with Crippen molar-refractivity contribution < 1.29 is 19.1 Å². The third kappa shape index (κ3) is 5.31. The largest absolute Gasteiger partial charge is 0.482 e. The van der Waals surface area contributed by atoms with Gasteiger partial charge in [-0.1, -0.05) is 41.4 Å². The van der Waals surface area contributed by atoms with E-state index in [0.29, 0.717) is 21.9 Å². The van der Waals surface area contributed by atoms with Crippen LogP contribution < -0.4 is 10.1 Å². The zero-order valence-electron chi connectivity index (χ0n) is 16.2. The van der Waals surface area contributed by atoms with Gasteiger partial charge in [0, 0.05) is 12.2 Å². The van der Waals surface area contributed by atoms with Crippen LogP contribution in [0.4, 0.5) is 10.5 Å². The molecule has 30 heavy (non-hydrogen) atoms. The molecule has 0 radical (unpaired) electrons. The summed E-state index contributed by atoms with van der Waals surface area (Å²) in [6.07, 6.45) is 3.09. The molecule has 1 N–H and O–H groups in total. The molecule has 6 nitrogen and oxygen atoms in total. The number of nitrogens with zero attached hydrogens (tertiary/aromatic N) is 1. The van der Waals surface area contributed by atoms with E-state index in [0.717, 1.165) is 22.2 Å². The normalized spacial score (nSPS) is 14.9. The number of hydrogen-bond acceptors (Lipinski definition) is 5. The molecule has 0 bridgehead atoms. The summed E-state index contributed by atoms with van der Waals surface area (Å²) in [7, 11) is 0. The number of amides is 3. The predicted octanol–water partition coefficient (Wildman–Crippen LogP) is 4.89. The van der Waals surface area contributed by atoms with Crippen LogP contribution in [0.15, 0.2) is 60.0 Å². The van der Waals surface area contributed by atoms with Gasteiger partial charge in [0.15, 0.2) is 6.61 Å². The summed E-state index contributed by atoms with van der Waals surface area (Å²) in [6.45, 7) is 5.48. The lowest BCUT2D eigenvalue weighted by molar-refractivity contribution is -0.122. The molecule has 1 aliphatic rings. The minimum Gasteiger partial charge on any atom is -0.482 e. The SMILES string of the molecule is C=CCN1C(=O)S/C(=C/c2ccc(OCC(=O)Nc3ccc(C)cc3)c(Cl)c2)C1=O. The molecule has 3 rings (SSSR count). The maximum absolute atomic E-state index is 12.3. The van der Waals surface area contributed by atoms with Crippen LogP contribution in [0, 0.1) is 6.92 Å². The third-order valence-electron chi connectivity index (χ3n) is 4.13. The Labute approximate surface area is 183 Å². The van der Waals surface area contributed by atoms with E-state index < -0.39 is 0 Å². The van der Waals surface area contributed by atoms with Gasteiger partial charge in [-0.2, -0.15) is 0 Å². The minimum absolute atomic E-state index is 0.167. The van der Waals surface area contributed by atoms with E-state index in [1.54, 1.807) is 24.3 Å². The number of thioether (sulfide) groups is 1. The molecule has 1 aliphatic heterocycles. The Balaban J connectivity index is 1.62. The molecule has 0 spiro atoms. The number of anilines is 1. The highest BCUT2D eigenvalue weighted by Crippen LogP contribution is 2.33. The molecular weight excluding hydrogens is 424 g/mol. The van der Waals surface area contributed by atoms with Gasteiger partial charge >= 0.3 is 0 Å². The van der Waals surface area contributed by atoms with Crippen molar-refractivity contribution in [2.24, 2.45) is 0 Å². The predicted molar refractivity (Wildman–Crippen MR) is 120 cm³/mol. The number of rotatable bonds is 7. The first-order chi connectivity index (χ1) is 14.4. The summed E-state index contributed by atoms with van der Waals surface area (Å²) < 4.78 is 5.50. The van der Waals surface area contributed by atoms with Gasteiger partial charge < -0.3 is 10.1 Å². The number of hydrogen-bond donors (Lipinski definition) is 1. The van der Waals surface area contributed by atoms with Gasteiger partial charge in [-0.3, -0.25) is 19.3 Å². The first-order valence-electron chi connectivity index (χ1n) is 9.02. The zero-order chi connectivity index (χ0) is 21.7. The Hall–Kier alpha value is -3.03. The van der Waals surface area contributed by atoms with Crippen molar-refractivity contribution in [3.63, 3.8) is 0 Å². The average molecular weight is 443 g/mol. The van der Waals surface area contributed by atoms with E-state index in [-0.39, 0.29) is 35.2 Å². The highest BCUT2D eigenvalue weighted by atomic mass is 35.5. The number of carbonyl (C=O) groups is 3. The maximum atomic E-state index is 12.3. The second kappa shape index (κ2) is 9.65. The van der Waals surface area contributed by atoms with E-state index >= 15 is 0 Å². The zero-order valence-corrected chi connectivity index (χ0v) is 17.8. The lowest BCUT2D eigenvalue weighted by atomic mass is 10.2. The van der Waals surface area contributed by atoms with Gasteiger partial charge in [-0.15, -0.1) is 6.58 Å². The Morgan fingerprint density at radius 2 is 1.97 bits per heavy atom. The van der Waals surface area contributed by atoms with Crippen molar-refractivity contribution >= 4 is 52.2 Å². The monoisotopic (exact) mass is 442 g/mol. The Bertz CT molecular complexity index is 1030. The van der Waals surface area contributed by atoms with Gasteiger partial charge in [-0.05, 0) is 54.6 Å². The van der Waals surface area contributed by atoms with Crippen molar-refractivity contribution in [3.05, 3.63) is 76.2 Å². The van der Waals surface area contributed by atoms with Gasteiger partial charge in [0.2, 0.25) is 0 Å². The molecule has 8 heteroatoms. The number of halogens is 1. The summed E-state index contributed by atoms with van der Waals surface area (Å²) in [5.41, 5.74) is 2.42. The van der Waals surface area contributed by atoms with Crippen LogP contribution in [0.3, 0.4) is 0 Å². The molecule has 0 unspecified atom stereocenters. The molecule has 3 amide bonds. The highest BCUT2D eigenvalue weighted by Gasteiger charge is 2.34. The fourth-order valence-electron chi connectivity index (χ4n) is 2.64. The van der Waals surface area contributed by atoms with E-state index in [9.17, 15) is 14.4 Å². The Morgan fingerprint density at radius 1 is 1.23 bits per heavy atom. The van der Waals surface area contributed by atoms with Crippen LogP contribution in [0.25, 0.3) is 6.08 Å². The van der Waals surface area contributed by atoms with Crippen molar-refractivity contribution in [1.82, 2.24) is 4.90 Å². The van der Waals surface area contributed by atoms with E-state index in [4.69, 9.17) is 16.3 Å². The molecule has 1 saturated heterocycles. The van der Waals surface area contributed by atoms with Crippen molar-refractivity contribution in [2.45, 2.75) is 6.92 Å². The summed E-state index contributed by atoms with van der Waals surface area (Å²) >= 11 is 7.12. The molecule has 2 aromatic rings. The highest BCUT2D eigenvalue weighted by molar-refractivity contribution is 8.18. The fourth-order valence-corrected chi connectivity index (χ4v) is 3.73. The van der Waals surface area contributed by atoms with E-state index in [1.807, 2.05) is 31.2 Å². The quantitative estimate of drug-likeness (QED) is 0.488. The van der Waals surface area contributed by atoms with Crippen LogP contribution in [0.1, 0.15) is 11.1 Å². The number of carbonyl (C=O) groups excluding carboxylic acids is 3. The number of imide groups is 1. The number of aryl methyl sites for hydroxylation is 1. The number of benzene rings is 2. The van der Waals surface area contributed by atoms with Crippen molar-refractivity contribution in [3.8, 4) is 5.75 Å². The molecule has 0 atom stereocenters. The first kappa shape index (κ1) is 21.7. The smallest absolute Gasteiger partial charge is 0.293 e. The van der Waals surface area contributed by atoms with Crippen LogP contribution in [-0.2, 0) is 9.59 Å².